The zero-order valence-corrected chi connectivity index (χ0v) is 17.8. The first kappa shape index (κ1) is 20.6. The number of aromatic nitrogens is 5. The van der Waals surface area contributed by atoms with Gasteiger partial charge in [-0.2, -0.15) is 10.2 Å². The fraction of sp³-hybridized carbons (Fsp3) is 0.474. The van der Waals surface area contributed by atoms with E-state index in [1.165, 1.54) is 11.3 Å². The monoisotopic (exact) mass is 433 g/mol. The Bertz CT molecular complexity index is 1050. The summed E-state index contributed by atoms with van der Waals surface area (Å²) in [5, 5.41) is 13.8. The van der Waals surface area contributed by atoms with E-state index in [2.05, 4.69) is 20.5 Å². The van der Waals surface area contributed by atoms with Gasteiger partial charge in [-0.1, -0.05) is 0 Å². The smallest absolute Gasteiger partial charge is 0.275 e. The largest absolute Gasteiger partial charge is 0.369 e. The van der Waals surface area contributed by atoms with E-state index >= 15 is 0 Å². The summed E-state index contributed by atoms with van der Waals surface area (Å²) in [4.78, 5) is 17.3. The van der Waals surface area contributed by atoms with Crippen LogP contribution in [0.25, 0.3) is 10.6 Å². The molecular formula is C19H24FN7O2S. The van der Waals surface area contributed by atoms with Gasteiger partial charge in [0, 0.05) is 31.2 Å². The lowest BCUT2D eigenvalue weighted by Gasteiger charge is -2.17. The Morgan fingerprint density at radius 1 is 1.30 bits per heavy atom. The maximum Gasteiger partial charge on any atom is 0.275 e. The third kappa shape index (κ3) is 3.87. The average Bonchev–Trinajstić information content (AvgIpc) is 3.40. The highest BCUT2D eigenvalue weighted by Crippen LogP contribution is 2.33. The van der Waals surface area contributed by atoms with Crippen LogP contribution < -0.4 is 11.1 Å². The maximum atomic E-state index is 13.9. The number of alkyl halides is 1. The molecule has 3 unspecified atom stereocenters. The molecule has 1 amide bonds. The summed E-state index contributed by atoms with van der Waals surface area (Å²) in [7, 11) is 3.62. The van der Waals surface area contributed by atoms with Crippen molar-refractivity contribution in [2.45, 2.75) is 38.1 Å². The summed E-state index contributed by atoms with van der Waals surface area (Å²) in [5.74, 6) is -0.345. The van der Waals surface area contributed by atoms with Gasteiger partial charge in [0.1, 0.15) is 23.0 Å². The first-order chi connectivity index (χ1) is 14.3. The molecular weight excluding hydrogens is 409 g/mol. The Balaban J connectivity index is 1.53. The third-order valence-corrected chi connectivity index (χ3v) is 6.30. The molecule has 0 bridgehead atoms. The van der Waals surface area contributed by atoms with Crippen LogP contribution in [0, 0.1) is 6.92 Å². The van der Waals surface area contributed by atoms with Gasteiger partial charge in [0.05, 0.1) is 35.9 Å². The van der Waals surface area contributed by atoms with Gasteiger partial charge >= 0.3 is 0 Å². The van der Waals surface area contributed by atoms with Crippen molar-refractivity contribution in [1.82, 2.24) is 24.5 Å². The normalized spacial score (nSPS) is 22.1. The Morgan fingerprint density at radius 3 is 2.80 bits per heavy atom. The zero-order valence-electron chi connectivity index (χ0n) is 17.0. The van der Waals surface area contributed by atoms with Gasteiger partial charge in [0.25, 0.3) is 5.91 Å². The Labute approximate surface area is 177 Å². The number of nitrogens with two attached hydrogens (primary N) is 1. The van der Waals surface area contributed by atoms with Gasteiger partial charge in [-0.3, -0.25) is 14.2 Å². The molecule has 1 fully saturated rings. The van der Waals surface area contributed by atoms with E-state index in [4.69, 9.17) is 10.5 Å². The van der Waals surface area contributed by atoms with E-state index in [-0.39, 0.29) is 12.5 Å². The van der Waals surface area contributed by atoms with Gasteiger partial charge in [0.2, 0.25) is 0 Å². The minimum Gasteiger partial charge on any atom is -0.369 e. The molecule has 0 aliphatic carbocycles. The number of carbonyl (C=O) groups excluding carboxylic acids is 1. The number of halogens is 1. The first-order valence-electron chi connectivity index (χ1n) is 9.64. The summed E-state index contributed by atoms with van der Waals surface area (Å²) in [5.41, 5.74) is 9.21. The predicted molar refractivity (Wildman–Crippen MR) is 111 cm³/mol. The number of nitrogens with zero attached hydrogens (tertiary/aromatic N) is 5. The van der Waals surface area contributed by atoms with Crippen LogP contribution in [0.5, 0.6) is 0 Å². The average molecular weight is 434 g/mol. The summed E-state index contributed by atoms with van der Waals surface area (Å²) in [6, 6.07) is -0.550. The summed E-state index contributed by atoms with van der Waals surface area (Å²) < 4.78 is 23.0. The highest BCUT2D eigenvalue weighted by Gasteiger charge is 2.30. The molecule has 11 heteroatoms. The number of hydrogen-bond donors (Lipinski definition) is 2. The van der Waals surface area contributed by atoms with Crippen LogP contribution in [-0.4, -0.2) is 49.3 Å². The lowest BCUT2D eigenvalue weighted by atomic mass is 10.0. The Morgan fingerprint density at radius 2 is 2.07 bits per heavy atom. The first-order valence-corrected chi connectivity index (χ1v) is 10.5. The summed E-state index contributed by atoms with van der Waals surface area (Å²) in [6.07, 6.45) is 2.73. The molecule has 0 aromatic carbocycles. The number of amides is 1. The number of ether oxygens (including phenoxy) is 1. The Hall–Kier alpha value is -2.63. The molecule has 1 aliphatic heterocycles. The third-order valence-electron chi connectivity index (χ3n) is 5.42. The molecule has 0 saturated carbocycles. The van der Waals surface area contributed by atoms with Crippen LogP contribution in [0.4, 0.5) is 10.1 Å². The zero-order chi connectivity index (χ0) is 21.4. The molecule has 0 radical (unpaired) electrons. The number of nitrogens with one attached hydrogen (secondary N) is 1. The van der Waals surface area contributed by atoms with Crippen LogP contribution in [-0.2, 0) is 18.8 Å². The number of aryl methyl sites for hydroxylation is 2. The van der Waals surface area contributed by atoms with E-state index in [0.717, 1.165) is 16.3 Å². The molecule has 160 valence electrons. The summed E-state index contributed by atoms with van der Waals surface area (Å²) >= 11 is 1.38. The van der Waals surface area contributed by atoms with Crippen LogP contribution in [0.15, 0.2) is 17.8 Å². The van der Waals surface area contributed by atoms with Crippen molar-refractivity contribution in [3.63, 3.8) is 0 Å². The van der Waals surface area contributed by atoms with E-state index < -0.39 is 18.3 Å². The molecule has 9 nitrogen and oxygen atoms in total. The van der Waals surface area contributed by atoms with Gasteiger partial charge in [-0.15, -0.1) is 11.3 Å². The van der Waals surface area contributed by atoms with Crippen molar-refractivity contribution in [3.8, 4) is 10.6 Å². The van der Waals surface area contributed by atoms with Crippen LogP contribution in [0.2, 0.25) is 0 Å². The van der Waals surface area contributed by atoms with Crippen LogP contribution in [0.1, 0.15) is 40.8 Å². The standard InChI is InChI=1S/C19H24FN7O2S/c1-10-11(6-22-26(10)2)19-25-15(9-30-19)18(28)24-14-7-23-27(3)17(14)16-5-4-13(21)12(20)8-29-16/h6-7,9,12-13,16H,4-5,8,21H2,1-3H3,(H,24,28). The van der Waals surface area contributed by atoms with Crippen molar-refractivity contribution in [1.29, 1.82) is 0 Å². The summed E-state index contributed by atoms with van der Waals surface area (Å²) in [6.45, 7) is 1.87. The lowest BCUT2D eigenvalue weighted by molar-refractivity contribution is 0.0247. The van der Waals surface area contributed by atoms with E-state index in [1.54, 1.807) is 34.2 Å². The highest BCUT2D eigenvalue weighted by atomic mass is 32.1. The minimum absolute atomic E-state index is 0.0791. The second-order valence-electron chi connectivity index (χ2n) is 7.41. The predicted octanol–water partition coefficient (Wildman–Crippen LogP) is 2.35. The molecule has 3 aromatic rings. The van der Waals surface area contributed by atoms with Gasteiger partial charge in [-0.05, 0) is 19.8 Å². The second kappa shape index (κ2) is 8.25. The molecule has 1 saturated heterocycles. The molecule has 4 rings (SSSR count). The fourth-order valence-corrected chi connectivity index (χ4v) is 4.34. The number of rotatable bonds is 4. The van der Waals surface area contributed by atoms with Gasteiger partial charge in [0.15, 0.2) is 0 Å². The molecule has 1 aliphatic rings. The molecule has 3 aromatic heterocycles. The number of anilines is 1. The van der Waals surface area contributed by atoms with Crippen LogP contribution in [0.3, 0.4) is 0 Å². The molecule has 4 heterocycles. The number of thiazole rings is 1. The van der Waals surface area contributed by atoms with E-state index in [9.17, 15) is 9.18 Å². The molecule has 30 heavy (non-hydrogen) atoms. The van der Waals surface area contributed by atoms with Gasteiger partial charge in [-0.25, -0.2) is 9.37 Å². The molecule has 3 atom stereocenters. The van der Waals surface area contributed by atoms with Crippen molar-refractivity contribution < 1.29 is 13.9 Å². The van der Waals surface area contributed by atoms with Crippen LogP contribution >= 0.6 is 11.3 Å². The number of hydrogen-bond acceptors (Lipinski definition) is 7. The molecule has 3 N–H and O–H groups in total. The van der Waals surface area contributed by atoms with Crippen molar-refractivity contribution in [3.05, 3.63) is 34.9 Å². The van der Waals surface area contributed by atoms with Crippen molar-refractivity contribution in [2.24, 2.45) is 19.8 Å². The topological polar surface area (TPSA) is 113 Å². The molecule has 0 spiro atoms. The SMILES string of the molecule is Cc1c(-c2nc(C(=O)Nc3cnn(C)c3C3CCC(N)C(F)CO3)cs2)cnn1C. The van der Waals surface area contributed by atoms with Crippen molar-refractivity contribution in [2.75, 3.05) is 11.9 Å². The fourth-order valence-electron chi connectivity index (χ4n) is 3.48. The Kier molecular flexibility index (Phi) is 5.67. The van der Waals surface area contributed by atoms with E-state index in [0.29, 0.717) is 29.9 Å². The van der Waals surface area contributed by atoms with Crippen molar-refractivity contribution >= 4 is 22.9 Å². The second-order valence-corrected chi connectivity index (χ2v) is 8.26. The minimum atomic E-state index is -1.20. The maximum absolute atomic E-state index is 13.9. The van der Waals surface area contributed by atoms with Gasteiger partial charge < -0.3 is 15.8 Å². The van der Waals surface area contributed by atoms with E-state index in [1.807, 2.05) is 14.0 Å². The quantitative estimate of drug-likeness (QED) is 0.653. The number of carbonyl (C=O) groups is 1. The lowest BCUT2D eigenvalue weighted by Crippen LogP contribution is -2.32. The highest BCUT2D eigenvalue weighted by molar-refractivity contribution is 7.13.